The van der Waals surface area contributed by atoms with Crippen molar-refractivity contribution in [3.63, 3.8) is 0 Å². The Balaban J connectivity index is 1.53. The highest BCUT2D eigenvalue weighted by molar-refractivity contribution is 5.78. The van der Waals surface area contributed by atoms with E-state index in [4.69, 9.17) is 4.74 Å². The Morgan fingerprint density at radius 3 is 2.53 bits per heavy atom. The fourth-order valence-corrected chi connectivity index (χ4v) is 4.96. The summed E-state index contributed by atoms with van der Waals surface area (Å²) < 4.78 is 6.63. The van der Waals surface area contributed by atoms with Gasteiger partial charge in [0, 0.05) is 24.3 Å². The van der Waals surface area contributed by atoms with Crippen molar-refractivity contribution in [2.24, 2.45) is 5.92 Å². The predicted molar refractivity (Wildman–Crippen MR) is 119 cm³/mol. The lowest BCUT2D eigenvalue weighted by molar-refractivity contribution is -0.142. The van der Waals surface area contributed by atoms with E-state index in [1.165, 1.54) is 41.5 Å². The number of carboxylic acids is 1. The van der Waals surface area contributed by atoms with Gasteiger partial charge in [0.2, 0.25) is 0 Å². The van der Waals surface area contributed by atoms with Crippen LogP contribution in [-0.2, 0) is 16.6 Å². The molecule has 1 aliphatic carbocycles. The van der Waals surface area contributed by atoms with E-state index in [9.17, 15) is 9.90 Å². The molecule has 2 aliphatic heterocycles. The fourth-order valence-electron chi connectivity index (χ4n) is 4.96. The molecule has 4 nitrogen and oxygen atoms in total. The molecule has 2 aromatic carbocycles. The number of carbonyl (C=O) groups is 1. The van der Waals surface area contributed by atoms with Crippen LogP contribution in [0, 0.1) is 5.92 Å². The lowest BCUT2D eigenvalue weighted by Crippen LogP contribution is -2.50. The number of aliphatic carboxylic acids is 1. The average molecular weight is 406 g/mol. The molecule has 1 saturated carbocycles. The van der Waals surface area contributed by atoms with Crippen LogP contribution >= 0.6 is 0 Å². The predicted octanol–water partition coefficient (Wildman–Crippen LogP) is 5.42. The van der Waals surface area contributed by atoms with E-state index in [0.717, 1.165) is 24.3 Å². The van der Waals surface area contributed by atoms with E-state index in [1.807, 2.05) is 0 Å². The average Bonchev–Trinajstić information content (AvgIpc) is 2.63. The Labute approximate surface area is 178 Å². The number of anilines is 1. The number of nitrogens with zero attached hydrogens (tertiary/aromatic N) is 1. The van der Waals surface area contributed by atoms with Crippen molar-refractivity contribution in [2.45, 2.75) is 63.9 Å². The van der Waals surface area contributed by atoms with E-state index in [2.05, 4.69) is 62.1 Å². The van der Waals surface area contributed by atoms with E-state index in [0.29, 0.717) is 13.1 Å². The van der Waals surface area contributed by atoms with Gasteiger partial charge in [-0.2, -0.15) is 0 Å². The Bertz CT molecular complexity index is 994. The molecule has 2 heterocycles. The maximum atomic E-state index is 11.2. The zero-order valence-electron chi connectivity index (χ0n) is 18.2. The minimum atomic E-state index is -0.698. The standard InChI is InChI=1S/C26H31NO3/c1-25(2,3)19-13-22(21-8-11-26(9-5-10-26)30-23(21)14-19)17-6-4-7-20(12-17)27-15-18(16-27)24(28)29/h4,6-7,12-14,18H,5,8-11,15-16H2,1-3H3,(H,28,29). The minimum absolute atomic E-state index is 0.0428. The summed E-state index contributed by atoms with van der Waals surface area (Å²) in [4.78, 5) is 13.3. The third-order valence-electron chi connectivity index (χ3n) is 7.25. The Morgan fingerprint density at radius 2 is 1.90 bits per heavy atom. The van der Waals surface area contributed by atoms with E-state index < -0.39 is 5.97 Å². The van der Waals surface area contributed by atoms with Gasteiger partial charge in [0.1, 0.15) is 11.4 Å². The lowest BCUT2D eigenvalue weighted by atomic mass is 9.73. The highest BCUT2D eigenvalue weighted by atomic mass is 16.5. The van der Waals surface area contributed by atoms with Gasteiger partial charge in [-0.05, 0) is 72.4 Å². The molecule has 2 aromatic rings. The van der Waals surface area contributed by atoms with Crippen LogP contribution in [0.25, 0.3) is 11.1 Å². The molecule has 1 saturated heterocycles. The van der Waals surface area contributed by atoms with Crippen LogP contribution in [0.1, 0.15) is 57.6 Å². The van der Waals surface area contributed by atoms with Crippen molar-refractivity contribution in [1.29, 1.82) is 0 Å². The molecule has 30 heavy (non-hydrogen) atoms. The zero-order valence-corrected chi connectivity index (χ0v) is 18.2. The molecule has 3 aliphatic rings. The van der Waals surface area contributed by atoms with Gasteiger partial charge >= 0.3 is 5.97 Å². The Kier molecular flexibility index (Phi) is 4.39. The molecule has 0 aromatic heterocycles. The summed E-state index contributed by atoms with van der Waals surface area (Å²) in [6, 6.07) is 13.2. The molecule has 5 rings (SSSR count). The number of hydrogen-bond donors (Lipinski definition) is 1. The van der Waals surface area contributed by atoms with Crippen LogP contribution in [0.15, 0.2) is 36.4 Å². The number of benzene rings is 2. The van der Waals surface area contributed by atoms with Crippen molar-refractivity contribution in [3.8, 4) is 16.9 Å². The van der Waals surface area contributed by atoms with Gasteiger partial charge in [0.05, 0.1) is 5.92 Å². The maximum Gasteiger partial charge on any atom is 0.310 e. The maximum absolute atomic E-state index is 11.2. The van der Waals surface area contributed by atoms with Crippen LogP contribution in [0.2, 0.25) is 0 Å². The summed E-state index contributed by atoms with van der Waals surface area (Å²) in [5.41, 5.74) is 6.31. The number of carboxylic acid groups (broad SMARTS) is 1. The van der Waals surface area contributed by atoms with Crippen LogP contribution in [0.4, 0.5) is 5.69 Å². The first kappa shape index (κ1) is 19.5. The van der Waals surface area contributed by atoms with Crippen LogP contribution in [0.3, 0.4) is 0 Å². The highest BCUT2D eigenvalue weighted by Crippen LogP contribution is 2.48. The molecule has 1 spiro atoms. The number of hydrogen-bond acceptors (Lipinski definition) is 3. The molecule has 0 atom stereocenters. The first-order valence-corrected chi connectivity index (χ1v) is 11.2. The van der Waals surface area contributed by atoms with Crippen molar-refractivity contribution < 1.29 is 14.6 Å². The van der Waals surface area contributed by atoms with Gasteiger partial charge in [0.15, 0.2) is 0 Å². The first-order valence-electron chi connectivity index (χ1n) is 11.2. The topological polar surface area (TPSA) is 49.8 Å². The van der Waals surface area contributed by atoms with Crippen molar-refractivity contribution in [1.82, 2.24) is 0 Å². The summed E-state index contributed by atoms with van der Waals surface area (Å²) in [5, 5.41) is 9.20. The molecule has 4 heteroatoms. The molecule has 158 valence electrons. The highest BCUT2D eigenvalue weighted by Gasteiger charge is 2.42. The number of fused-ring (bicyclic) bond motifs is 1. The molecule has 0 bridgehead atoms. The molecular formula is C26H31NO3. The third kappa shape index (κ3) is 3.27. The quantitative estimate of drug-likeness (QED) is 0.741. The SMILES string of the molecule is CC(C)(C)c1cc2c(c(-c3cccc(N4CC(C(=O)O)C4)c3)c1)CCC1(CCC1)O2. The molecular weight excluding hydrogens is 374 g/mol. The molecule has 0 amide bonds. The number of ether oxygens (including phenoxy) is 1. The third-order valence-corrected chi connectivity index (χ3v) is 7.25. The van der Waals surface area contributed by atoms with E-state index in [1.54, 1.807) is 0 Å². The second-order valence-corrected chi connectivity index (χ2v) is 10.4. The van der Waals surface area contributed by atoms with Gasteiger partial charge in [-0.1, -0.05) is 39.0 Å². The van der Waals surface area contributed by atoms with Gasteiger partial charge in [0.25, 0.3) is 0 Å². The normalized spacial score (nSPS) is 20.2. The Morgan fingerprint density at radius 1 is 1.13 bits per heavy atom. The number of rotatable bonds is 3. The Hall–Kier alpha value is -2.49. The van der Waals surface area contributed by atoms with E-state index in [-0.39, 0.29) is 16.9 Å². The smallest absolute Gasteiger partial charge is 0.310 e. The minimum Gasteiger partial charge on any atom is -0.487 e. The zero-order chi connectivity index (χ0) is 21.1. The van der Waals surface area contributed by atoms with Crippen molar-refractivity contribution >= 4 is 11.7 Å². The molecule has 1 N–H and O–H groups in total. The summed E-state index contributed by atoms with van der Waals surface area (Å²) in [7, 11) is 0. The van der Waals surface area contributed by atoms with Crippen LogP contribution in [0.5, 0.6) is 5.75 Å². The molecule has 0 radical (unpaired) electrons. The second-order valence-electron chi connectivity index (χ2n) is 10.4. The van der Waals surface area contributed by atoms with Crippen molar-refractivity contribution in [2.75, 3.05) is 18.0 Å². The van der Waals surface area contributed by atoms with Gasteiger partial charge in [-0.15, -0.1) is 0 Å². The largest absolute Gasteiger partial charge is 0.487 e. The summed E-state index contributed by atoms with van der Waals surface area (Å²) in [6.07, 6.45) is 5.79. The first-order chi connectivity index (χ1) is 14.2. The molecule has 0 unspecified atom stereocenters. The summed E-state index contributed by atoms with van der Waals surface area (Å²) in [5.74, 6) is 0.123. The second kappa shape index (κ2) is 6.76. The van der Waals surface area contributed by atoms with Crippen molar-refractivity contribution in [3.05, 3.63) is 47.5 Å². The summed E-state index contributed by atoms with van der Waals surface area (Å²) in [6.45, 7) is 7.93. The monoisotopic (exact) mass is 405 g/mol. The van der Waals surface area contributed by atoms with Gasteiger partial charge < -0.3 is 14.7 Å². The summed E-state index contributed by atoms with van der Waals surface area (Å²) >= 11 is 0. The van der Waals surface area contributed by atoms with Crippen LogP contribution in [-0.4, -0.2) is 29.8 Å². The van der Waals surface area contributed by atoms with Gasteiger partial charge in [-0.25, -0.2) is 0 Å². The van der Waals surface area contributed by atoms with Gasteiger partial charge in [-0.3, -0.25) is 4.79 Å². The fraction of sp³-hybridized carbons (Fsp3) is 0.500. The van der Waals surface area contributed by atoms with E-state index >= 15 is 0 Å². The lowest BCUT2D eigenvalue weighted by Gasteiger charge is -2.46. The molecule has 2 fully saturated rings. The van der Waals surface area contributed by atoms with Crippen LogP contribution < -0.4 is 9.64 Å².